The van der Waals surface area contributed by atoms with E-state index in [1.54, 1.807) is 19.1 Å². The van der Waals surface area contributed by atoms with Crippen molar-refractivity contribution in [2.45, 2.75) is 18.8 Å². The second kappa shape index (κ2) is 9.86. The molecule has 0 aliphatic carbocycles. The van der Waals surface area contributed by atoms with E-state index in [1.165, 1.54) is 10.6 Å². The van der Waals surface area contributed by atoms with Gasteiger partial charge in [0.15, 0.2) is 5.69 Å². The molecule has 0 N–H and O–H groups in total. The maximum Gasteiger partial charge on any atom is 0.274 e. The van der Waals surface area contributed by atoms with Crippen molar-refractivity contribution in [3.8, 4) is 0 Å². The molecule has 166 valence electrons. The summed E-state index contributed by atoms with van der Waals surface area (Å²) >= 11 is 0. The maximum atomic E-state index is 13.3. The van der Waals surface area contributed by atoms with Crippen LogP contribution in [0.5, 0.6) is 0 Å². The number of piperidine rings is 1. The average Bonchev–Trinajstić information content (AvgIpc) is 3.13. The Bertz CT molecular complexity index is 967. The molecule has 1 atom stereocenters. The van der Waals surface area contributed by atoms with Gasteiger partial charge in [-0.25, -0.2) is 17.7 Å². The summed E-state index contributed by atoms with van der Waals surface area (Å²) in [5.74, 6) is 0.465. The Morgan fingerprint density at radius 1 is 1.23 bits per heavy atom. The number of carbonyl (C=O) groups excluding carboxylic acids is 1. The zero-order valence-corrected chi connectivity index (χ0v) is 18.6. The van der Waals surface area contributed by atoms with Crippen LogP contribution in [0.1, 0.15) is 35.1 Å². The van der Waals surface area contributed by atoms with Gasteiger partial charge in [0.25, 0.3) is 5.91 Å². The molecule has 1 fully saturated rings. The Kier molecular flexibility index (Phi) is 7.45. The standard InChI is InChI=1S/C20H30N4O5S/c1-28-13-11-22(12-14-29-2)20(25)18-17-8-4-5-10-24(17)19(21-18)16-7-6-9-23(15-16)30(3,26)27/h4-5,8,10,16H,6-7,9,11-15H2,1-3H3. The summed E-state index contributed by atoms with van der Waals surface area (Å²) in [4.78, 5) is 19.7. The molecule has 0 aromatic carbocycles. The van der Waals surface area contributed by atoms with Crippen LogP contribution in [-0.4, -0.2) is 92.8 Å². The summed E-state index contributed by atoms with van der Waals surface area (Å²) in [6.07, 6.45) is 4.70. The van der Waals surface area contributed by atoms with Crippen molar-refractivity contribution < 1.29 is 22.7 Å². The number of fused-ring (bicyclic) bond motifs is 1. The Labute approximate surface area is 177 Å². The summed E-state index contributed by atoms with van der Waals surface area (Å²) in [5.41, 5.74) is 1.09. The molecule has 0 saturated carbocycles. The third kappa shape index (κ3) is 5.00. The normalized spacial score (nSPS) is 18.0. The number of imidazole rings is 1. The monoisotopic (exact) mass is 438 g/mol. The van der Waals surface area contributed by atoms with Crippen LogP contribution in [-0.2, 0) is 19.5 Å². The highest BCUT2D eigenvalue weighted by molar-refractivity contribution is 7.88. The molecule has 9 nitrogen and oxygen atoms in total. The first-order chi connectivity index (χ1) is 14.4. The van der Waals surface area contributed by atoms with Gasteiger partial charge < -0.3 is 18.8 Å². The fourth-order valence-electron chi connectivity index (χ4n) is 3.83. The minimum Gasteiger partial charge on any atom is -0.383 e. The van der Waals surface area contributed by atoms with E-state index in [9.17, 15) is 13.2 Å². The van der Waals surface area contributed by atoms with E-state index >= 15 is 0 Å². The van der Waals surface area contributed by atoms with E-state index in [1.807, 2.05) is 28.8 Å². The molecule has 1 unspecified atom stereocenters. The molecule has 2 aromatic rings. The number of ether oxygens (including phenoxy) is 2. The third-order valence-corrected chi connectivity index (χ3v) is 6.68. The van der Waals surface area contributed by atoms with Gasteiger partial charge >= 0.3 is 0 Å². The lowest BCUT2D eigenvalue weighted by Crippen LogP contribution is -2.39. The largest absolute Gasteiger partial charge is 0.383 e. The van der Waals surface area contributed by atoms with Crippen LogP contribution in [0.2, 0.25) is 0 Å². The molecule has 1 saturated heterocycles. The summed E-state index contributed by atoms with van der Waals surface area (Å²) in [6, 6.07) is 5.62. The molecule has 2 aromatic heterocycles. The highest BCUT2D eigenvalue weighted by atomic mass is 32.2. The first kappa shape index (κ1) is 22.7. The Balaban J connectivity index is 1.96. The van der Waals surface area contributed by atoms with E-state index in [0.29, 0.717) is 50.6 Å². The van der Waals surface area contributed by atoms with Crippen molar-refractivity contribution in [1.29, 1.82) is 0 Å². The van der Waals surface area contributed by atoms with Crippen molar-refractivity contribution >= 4 is 21.4 Å². The van der Waals surface area contributed by atoms with Crippen LogP contribution in [0, 0.1) is 0 Å². The number of pyridine rings is 1. The predicted molar refractivity (Wildman–Crippen MR) is 113 cm³/mol. The maximum absolute atomic E-state index is 13.3. The highest BCUT2D eigenvalue weighted by Gasteiger charge is 2.31. The summed E-state index contributed by atoms with van der Waals surface area (Å²) in [7, 11) is -0.0764. The van der Waals surface area contributed by atoms with E-state index < -0.39 is 10.0 Å². The summed E-state index contributed by atoms with van der Waals surface area (Å²) < 4.78 is 37.8. The molecule has 1 aliphatic heterocycles. The van der Waals surface area contributed by atoms with Crippen LogP contribution in [0.15, 0.2) is 24.4 Å². The number of sulfonamides is 1. The van der Waals surface area contributed by atoms with Gasteiger partial charge in [0.1, 0.15) is 5.82 Å². The van der Waals surface area contributed by atoms with Crippen molar-refractivity contribution in [3.05, 3.63) is 35.9 Å². The quantitative estimate of drug-likeness (QED) is 0.584. The minimum absolute atomic E-state index is 0.0728. The third-order valence-electron chi connectivity index (χ3n) is 5.41. The van der Waals surface area contributed by atoms with Crippen LogP contribution in [0.4, 0.5) is 0 Å². The Morgan fingerprint density at radius 3 is 2.57 bits per heavy atom. The number of carbonyl (C=O) groups is 1. The molecule has 0 bridgehead atoms. The highest BCUT2D eigenvalue weighted by Crippen LogP contribution is 2.29. The van der Waals surface area contributed by atoms with Crippen molar-refractivity contribution in [2.24, 2.45) is 0 Å². The van der Waals surface area contributed by atoms with Crippen LogP contribution in [0.25, 0.3) is 5.52 Å². The second-order valence-corrected chi connectivity index (χ2v) is 9.49. The molecule has 3 heterocycles. The number of nitrogens with zero attached hydrogens (tertiary/aromatic N) is 4. The lowest BCUT2D eigenvalue weighted by molar-refractivity contribution is 0.0624. The van der Waals surface area contributed by atoms with Gasteiger partial charge in [-0.05, 0) is 25.0 Å². The molecule has 0 spiro atoms. The van der Waals surface area contributed by atoms with Crippen LogP contribution < -0.4 is 0 Å². The molecule has 1 aliphatic rings. The Hall–Kier alpha value is -2.01. The van der Waals surface area contributed by atoms with Crippen molar-refractivity contribution in [1.82, 2.24) is 18.6 Å². The van der Waals surface area contributed by atoms with Crippen molar-refractivity contribution in [3.63, 3.8) is 0 Å². The zero-order chi connectivity index (χ0) is 21.7. The fraction of sp³-hybridized carbons (Fsp3) is 0.600. The molecule has 0 radical (unpaired) electrons. The number of amides is 1. The number of methoxy groups -OCH3 is 2. The van der Waals surface area contributed by atoms with Gasteiger partial charge in [-0.1, -0.05) is 6.07 Å². The van der Waals surface area contributed by atoms with Crippen LogP contribution >= 0.6 is 0 Å². The molecule has 3 rings (SSSR count). The topological polar surface area (TPSA) is 93.4 Å². The van der Waals surface area contributed by atoms with Gasteiger partial charge in [0, 0.05) is 52.5 Å². The number of aromatic nitrogens is 2. The van der Waals surface area contributed by atoms with Gasteiger partial charge in [-0.15, -0.1) is 0 Å². The summed E-state index contributed by atoms with van der Waals surface area (Å²) in [5, 5.41) is 0. The number of hydrogen-bond donors (Lipinski definition) is 0. The first-order valence-electron chi connectivity index (χ1n) is 10.1. The molecular formula is C20H30N4O5S. The van der Waals surface area contributed by atoms with Gasteiger partial charge in [-0.3, -0.25) is 4.79 Å². The van der Waals surface area contributed by atoms with Crippen molar-refractivity contribution in [2.75, 3.05) is 59.9 Å². The van der Waals surface area contributed by atoms with E-state index in [0.717, 1.165) is 18.7 Å². The number of rotatable bonds is 9. The van der Waals surface area contributed by atoms with Gasteiger partial charge in [-0.2, -0.15) is 0 Å². The number of hydrogen-bond acceptors (Lipinski definition) is 6. The molecule has 30 heavy (non-hydrogen) atoms. The lowest BCUT2D eigenvalue weighted by atomic mass is 9.99. The second-order valence-electron chi connectivity index (χ2n) is 7.51. The van der Waals surface area contributed by atoms with E-state index in [2.05, 4.69) is 0 Å². The average molecular weight is 439 g/mol. The molecule has 1 amide bonds. The van der Waals surface area contributed by atoms with E-state index in [-0.39, 0.29) is 11.8 Å². The first-order valence-corrected chi connectivity index (χ1v) is 11.9. The molecule has 10 heteroatoms. The van der Waals surface area contributed by atoms with E-state index in [4.69, 9.17) is 14.5 Å². The smallest absolute Gasteiger partial charge is 0.274 e. The van der Waals surface area contributed by atoms with Gasteiger partial charge in [0.05, 0.1) is 25.0 Å². The zero-order valence-electron chi connectivity index (χ0n) is 17.8. The van der Waals surface area contributed by atoms with Gasteiger partial charge in [0.2, 0.25) is 10.0 Å². The predicted octanol–water partition coefficient (Wildman–Crippen LogP) is 1.21. The summed E-state index contributed by atoms with van der Waals surface area (Å²) in [6.45, 7) is 2.60. The minimum atomic E-state index is -3.27. The molecular weight excluding hydrogens is 408 g/mol. The lowest BCUT2D eigenvalue weighted by Gasteiger charge is -2.30. The fourth-order valence-corrected chi connectivity index (χ4v) is 4.74. The SMILES string of the molecule is COCCN(CCOC)C(=O)c1nc(C2CCCN(S(C)(=O)=O)C2)n2ccccc12. The Morgan fingerprint density at radius 2 is 1.93 bits per heavy atom. The van der Waals surface area contributed by atoms with Crippen LogP contribution in [0.3, 0.4) is 0 Å².